The molecule has 0 radical (unpaired) electrons. The van der Waals surface area contributed by atoms with Crippen LogP contribution < -0.4 is 5.11 Å². The quantitative estimate of drug-likeness (QED) is 0.547. The minimum atomic E-state index is -1.11. The van der Waals surface area contributed by atoms with Gasteiger partial charge in [0.2, 0.25) is 0 Å². The third-order valence-corrected chi connectivity index (χ3v) is 9.30. The Labute approximate surface area is 195 Å². The van der Waals surface area contributed by atoms with Gasteiger partial charge < -0.3 is 14.5 Å². The first-order valence-corrected chi connectivity index (χ1v) is 16.8. The number of rotatable bonds is 2. The van der Waals surface area contributed by atoms with Crippen LogP contribution in [0.1, 0.15) is 52.9 Å². The van der Waals surface area contributed by atoms with Crippen molar-refractivity contribution in [3.63, 3.8) is 0 Å². The van der Waals surface area contributed by atoms with Crippen LogP contribution in [0.4, 0.5) is 0 Å². The van der Waals surface area contributed by atoms with Gasteiger partial charge in [0.05, 0.1) is 0 Å². The van der Waals surface area contributed by atoms with Crippen molar-refractivity contribution < 1.29 is 9.84 Å². The standard InChI is InChI=1S/C10H18O.C6H18NSi2.C4H8O.Ca/c1-10(2,3)8-6-4-5-7-9(8)11;1-8(2,3)7-9(4,5)6;1-2-4-5-3-1;/h7-8,11H,4-6H2,1-3H3;1-6H3;1-4H2;/q;-1;;+2/p-1/t8-;;;/m0.../s1. The summed E-state index contributed by atoms with van der Waals surface area (Å²) in [6.07, 6.45) is 7.68. The second-order valence-electron chi connectivity index (χ2n) is 10.2. The number of ether oxygens (including phenoxy) is 1. The van der Waals surface area contributed by atoms with E-state index in [4.69, 9.17) is 9.38 Å². The van der Waals surface area contributed by atoms with Crippen LogP contribution >= 0.6 is 0 Å². The van der Waals surface area contributed by atoms with Gasteiger partial charge in [-0.3, -0.25) is 0 Å². The summed E-state index contributed by atoms with van der Waals surface area (Å²) in [6, 6.07) is 0. The molecule has 0 bridgehead atoms. The molecular formula is C20H43CaNO2Si2. The van der Waals surface area contributed by atoms with Crippen molar-refractivity contribution in [2.45, 2.75) is 92.2 Å². The Morgan fingerprint density at radius 2 is 1.42 bits per heavy atom. The second-order valence-corrected chi connectivity index (χ2v) is 19.8. The second kappa shape index (κ2) is 13.4. The molecule has 6 heteroatoms. The van der Waals surface area contributed by atoms with E-state index >= 15 is 0 Å². The van der Waals surface area contributed by atoms with E-state index in [9.17, 15) is 5.11 Å². The van der Waals surface area contributed by atoms with Crippen molar-refractivity contribution in [3.05, 3.63) is 16.5 Å². The third kappa shape index (κ3) is 17.3. The van der Waals surface area contributed by atoms with Crippen molar-refractivity contribution in [1.82, 2.24) is 0 Å². The largest absolute Gasteiger partial charge is 2.00 e. The van der Waals surface area contributed by atoms with E-state index in [1.807, 2.05) is 6.08 Å². The van der Waals surface area contributed by atoms with Gasteiger partial charge in [-0.1, -0.05) is 82.6 Å². The minimum absolute atomic E-state index is 0. The Hall–Kier alpha value is 1.15. The molecule has 2 aliphatic rings. The first kappa shape index (κ1) is 29.4. The van der Waals surface area contributed by atoms with Gasteiger partial charge >= 0.3 is 37.7 Å². The van der Waals surface area contributed by atoms with E-state index < -0.39 is 16.5 Å². The van der Waals surface area contributed by atoms with Crippen molar-refractivity contribution in [2.75, 3.05) is 13.2 Å². The number of nitrogens with zero attached hydrogens (tertiary/aromatic N) is 1. The van der Waals surface area contributed by atoms with Gasteiger partial charge in [0, 0.05) is 13.2 Å². The Morgan fingerprint density at radius 3 is 1.62 bits per heavy atom. The fraction of sp³-hybridized carbons (Fsp3) is 0.900. The van der Waals surface area contributed by atoms with Gasteiger partial charge in [0.15, 0.2) is 0 Å². The summed E-state index contributed by atoms with van der Waals surface area (Å²) in [6.45, 7) is 22.2. The van der Waals surface area contributed by atoms with Crippen molar-refractivity contribution in [2.24, 2.45) is 11.3 Å². The van der Waals surface area contributed by atoms with Crippen LogP contribution in [0.3, 0.4) is 0 Å². The summed E-state index contributed by atoms with van der Waals surface area (Å²) < 4.78 is 9.76. The smallest absolute Gasteiger partial charge is 0.875 e. The fourth-order valence-corrected chi connectivity index (χ4v) is 11.3. The molecule has 0 aromatic rings. The maximum absolute atomic E-state index is 11.4. The van der Waals surface area contributed by atoms with E-state index in [-0.39, 0.29) is 49.1 Å². The fourth-order valence-electron chi connectivity index (χ4n) is 3.23. The Kier molecular flexibility index (Phi) is 15.1. The molecule has 150 valence electrons. The van der Waals surface area contributed by atoms with Gasteiger partial charge in [-0.25, -0.2) is 0 Å². The maximum Gasteiger partial charge on any atom is 2.00 e. The van der Waals surface area contributed by atoms with Crippen molar-refractivity contribution in [1.29, 1.82) is 0 Å². The molecule has 1 atom stereocenters. The molecule has 26 heavy (non-hydrogen) atoms. The molecule has 0 aromatic carbocycles. The topological polar surface area (TPSA) is 46.4 Å². The van der Waals surface area contributed by atoms with Gasteiger partial charge in [-0.05, 0) is 43.4 Å². The van der Waals surface area contributed by atoms with Crippen molar-refractivity contribution >= 4 is 54.2 Å². The molecule has 1 aliphatic heterocycles. The van der Waals surface area contributed by atoms with E-state index in [0.717, 1.165) is 26.1 Å². The van der Waals surface area contributed by atoms with E-state index in [1.165, 1.54) is 19.3 Å². The summed E-state index contributed by atoms with van der Waals surface area (Å²) in [4.78, 5) is 0. The molecule has 0 amide bonds. The molecule has 0 aromatic heterocycles. The van der Waals surface area contributed by atoms with Crippen molar-refractivity contribution in [3.8, 4) is 0 Å². The average molecular weight is 426 g/mol. The SMILES string of the molecule is C1CCOC1.CC(C)(C)[C@H]1CCCC=C1[O-].C[Si](C)(C)[N-][Si](C)(C)C.[Ca+2]. The molecule has 1 saturated heterocycles. The zero-order valence-corrected chi connectivity index (χ0v) is 23.3. The molecule has 1 fully saturated rings. The molecule has 0 N–H and O–H groups in total. The molecule has 2 rings (SSSR count). The molecular weight excluding hydrogens is 382 g/mol. The van der Waals surface area contributed by atoms with E-state index in [1.54, 1.807) is 0 Å². The summed E-state index contributed by atoms with van der Waals surface area (Å²) in [7, 11) is -2.21. The van der Waals surface area contributed by atoms with E-state index in [0.29, 0.717) is 5.76 Å². The van der Waals surface area contributed by atoms with E-state index in [2.05, 4.69) is 60.1 Å². The number of hydrogen-bond acceptors (Lipinski definition) is 2. The van der Waals surface area contributed by atoms with Gasteiger partial charge in [0.1, 0.15) is 0 Å². The van der Waals surface area contributed by atoms with Gasteiger partial charge in [-0.15, -0.1) is 5.76 Å². The number of hydrogen-bond donors (Lipinski definition) is 0. The summed E-state index contributed by atoms with van der Waals surface area (Å²) in [5.74, 6) is 0.639. The number of allylic oxidation sites excluding steroid dienone is 2. The zero-order chi connectivity index (χ0) is 19.7. The van der Waals surface area contributed by atoms with Crippen LogP contribution in [0.25, 0.3) is 4.65 Å². The van der Waals surface area contributed by atoms with Crippen LogP contribution in [0.15, 0.2) is 11.8 Å². The summed E-state index contributed by atoms with van der Waals surface area (Å²) in [5, 5.41) is 11.4. The molecule has 1 aliphatic carbocycles. The van der Waals surface area contributed by atoms with Crippen LogP contribution in [0, 0.1) is 11.3 Å². The average Bonchev–Trinajstić information content (AvgIpc) is 2.92. The predicted octanol–water partition coefficient (Wildman–Crippen LogP) is 5.52. The first-order chi connectivity index (χ1) is 11.2. The van der Waals surface area contributed by atoms with Crippen LogP contribution in [-0.2, 0) is 4.74 Å². The third-order valence-electron chi connectivity index (χ3n) is 3.93. The van der Waals surface area contributed by atoms with Crippen LogP contribution in [-0.4, -0.2) is 67.4 Å². The van der Waals surface area contributed by atoms with Gasteiger partial charge in [0.25, 0.3) is 0 Å². The molecule has 3 nitrogen and oxygen atoms in total. The Bertz CT molecular complexity index is 372. The van der Waals surface area contributed by atoms with Crippen LogP contribution in [0.5, 0.6) is 0 Å². The molecule has 0 saturated carbocycles. The van der Waals surface area contributed by atoms with Gasteiger partial charge in [-0.2, -0.15) is 0 Å². The predicted molar refractivity (Wildman–Crippen MR) is 121 cm³/mol. The molecule has 0 unspecified atom stereocenters. The summed E-state index contributed by atoms with van der Waals surface area (Å²) in [5.41, 5.74) is 0.161. The zero-order valence-electron chi connectivity index (χ0n) is 19.1. The van der Waals surface area contributed by atoms with Crippen LogP contribution in [0.2, 0.25) is 39.3 Å². The normalized spacial score (nSPS) is 20.7. The maximum atomic E-state index is 11.4. The first-order valence-electron chi connectivity index (χ1n) is 9.91. The Morgan fingerprint density at radius 1 is 0.962 bits per heavy atom. The monoisotopic (exact) mass is 425 g/mol. The molecule has 1 heterocycles. The Balaban J connectivity index is 0. The minimum Gasteiger partial charge on any atom is -0.875 e. The molecule has 0 spiro atoms. The summed E-state index contributed by atoms with van der Waals surface area (Å²) >= 11 is 0.